The van der Waals surface area contributed by atoms with Gasteiger partial charge in [-0.2, -0.15) is 0 Å². The molecular formula is C24H28N2O3. The summed E-state index contributed by atoms with van der Waals surface area (Å²) in [7, 11) is 0. The van der Waals surface area contributed by atoms with Crippen molar-refractivity contribution in [1.82, 2.24) is 10.2 Å². The van der Waals surface area contributed by atoms with Gasteiger partial charge in [0.2, 0.25) is 11.8 Å². The Kier molecular flexibility index (Phi) is 5.67. The number of carbonyl (C=O) groups is 2. The lowest BCUT2D eigenvalue weighted by atomic mass is 9.72. The fourth-order valence-corrected chi connectivity index (χ4v) is 4.59. The lowest BCUT2D eigenvalue weighted by molar-refractivity contribution is -0.158. The molecule has 2 amide bonds. The van der Waals surface area contributed by atoms with Crippen molar-refractivity contribution < 1.29 is 14.7 Å². The van der Waals surface area contributed by atoms with E-state index in [-0.39, 0.29) is 42.3 Å². The predicted molar refractivity (Wildman–Crippen MR) is 112 cm³/mol. The molecule has 4 rings (SSSR count). The topological polar surface area (TPSA) is 69.6 Å². The summed E-state index contributed by atoms with van der Waals surface area (Å²) in [5.41, 5.74) is 3.38. The Morgan fingerprint density at radius 2 is 1.66 bits per heavy atom. The first-order chi connectivity index (χ1) is 14.1. The number of benzene rings is 2. The van der Waals surface area contributed by atoms with Gasteiger partial charge < -0.3 is 15.3 Å². The van der Waals surface area contributed by atoms with Gasteiger partial charge in [0, 0.05) is 25.3 Å². The third-order valence-electron chi connectivity index (χ3n) is 6.40. The summed E-state index contributed by atoms with van der Waals surface area (Å²) in [5, 5.41) is 12.9. The average Bonchev–Trinajstić information content (AvgIpc) is 2.67. The van der Waals surface area contributed by atoms with Gasteiger partial charge in [-0.3, -0.25) is 9.59 Å². The van der Waals surface area contributed by atoms with Crippen LogP contribution in [0.3, 0.4) is 0 Å². The van der Waals surface area contributed by atoms with Crippen molar-refractivity contribution in [2.75, 3.05) is 13.2 Å². The summed E-state index contributed by atoms with van der Waals surface area (Å²) in [6.45, 7) is 1.83. The van der Waals surface area contributed by atoms with E-state index in [9.17, 15) is 14.7 Å². The minimum atomic E-state index is -0.232. The highest BCUT2D eigenvalue weighted by Gasteiger charge is 2.52. The molecule has 2 fully saturated rings. The number of nitrogens with one attached hydrogen (secondary N) is 1. The van der Waals surface area contributed by atoms with E-state index in [1.54, 1.807) is 0 Å². The first kappa shape index (κ1) is 19.6. The second kappa shape index (κ2) is 8.37. The van der Waals surface area contributed by atoms with E-state index in [1.807, 2.05) is 23.1 Å². The number of amides is 2. The molecule has 0 aromatic heterocycles. The standard InChI is InChI=1S/C24H28N2O3/c1-16(28)25-14-21-23(22(15-27)26(21)24(29)20-8-5-9-20)19-12-10-18(11-13-19)17-6-3-2-4-7-17/h2-4,6-7,10-13,20-23,27H,5,8-9,14-15H2,1H3,(H,25,28)/t21-,22-,23-/m0/s1. The van der Waals surface area contributed by atoms with Gasteiger partial charge in [0.05, 0.1) is 18.7 Å². The Bertz CT molecular complexity index is 861. The second-order valence-electron chi connectivity index (χ2n) is 8.14. The highest BCUT2D eigenvalue weighted by molar-refractivity contribution is 5.82. The smallest absolute Gasteiger partial charge is 0.226 e. The molecule has 1 heterocycles. The van der Waals surface area contributed by atoms with Gasteiger partial charge >= 0.3 is 0 Å². The molecule has 1 aliphatic carbocycles. The van der Waals surface area contributed by atoms with E-state index in [1.165, 1.54) is 6.92 Å². The summed E-state index contributed by atoms with van der Waals surface area (Å²) in [6, 6.07) is 18.2. The lowest BCUT2D eigenvalue weighted by Gasteiger charge is -2.56. The zero-order valence-corrected chi connectivity index (χ0v) is 16.8. The Morgan fingerprint density at radius 1 is 1.00 bits per heavy atom. The third-order valence-corrected chi connectivity index (χ3v) is 6.40. The average molecular weight is 392 g/mol. The summed E-state index contributed by atoms with van der Waals surface area (Å²) in [4.78, 5) is 26.3. The Balaban J connectivity index is 1.57. The molecule has 3 atom stereocenters. The second-order valence-corrected chi connectivity index (χ2v) is 8.14. The maximum Gasteiger partial charge on any atom is 0.226 e. The van der Waals surface area contributed by atoms with Crippen LogP contribution in [-0.2, 0) is 9.59 Å². The van der Waals surface area contributed by atoms with Crippen molar-refractivity contribution in [1.29, 1.82) is 0 Å². The van der Waals surface area contributed by atoms with Crippen molar-refractivity contribution in [3.63, 3.8) is 0 Å². The Morgan fingerprint density at radius 3 is 2.21 bits per heavy atom. The third kappa shape index (κ3) is 3.79. The molecule has 2 aliphatic rings. The van der Waals surface area contributed by atoms with Crippen LogP contribution < -0.4 is 5.32 Å². The van der Waals surface area contributed by atoms with Crippen LogP contribution in [0.2, 0.25) is 0 Å². The molecule has 1 saturated carbocycles. The summed E-state index contributed by atoms with van der Waals surface area (Å²) >= 11 is 0. The van der Waals surface area contributed by atoms with Crippen molar-refractivity contribution in [2.24, 2.45) is 5.92 Å². The first-order valence-electron chi connectivity index (χ1n) is 10.4. The van der Waals surface area contributed by atoms with Gasteiger partial charge in [-0.05, 0) is 29.5 Å². The molecule has 2 aromatic carbocycles. The molecule has 0 spiro atoms. The van der Waals surface area contributed by atoms with Crippen LogP contribution in [0, 0.1) is 5.92 Å². The quantitative estimate of drug-likeness (QED) is 0.794. The van der Waals surface area contributed by atoms with Crippen LogP contribution >= 0.6 is 0 Å². The Labute approximate surface area is 171 Å². The fourth-order valence-electron chi connectivity index (χ4n) is 4.59. The molecule has 1 saturated heterocycles. The number of aliphatic hydroxyl groups is 1. The molecule has 0 radical (unpaired) electrons. The van der Waals surface area contributed by atoms with Crippen molar-refractivity contribution in [3.05, 3.63) is 60.2 Å². The van der Waals surface area contributed by atoms with E-state index >= 15 is 0 Å². The van der Waals surface area contributed by atoms with E-state index in [0.29, 0.717) is 6.54 Å². The Hall–Kier alpha value is -2.66. The van der Waals surface area contributed by atoms with Gasteiger partial charge in [0.1, 0.15) is 0 Å². The molecule has 0 unspecified atom stereocenters. The normalized spacial score (nSPS) is 23.8. The molecule has 5 heteroatoms. The summed E-state index contributed by atoms with van der Waals surface area (Å²) in [6.07, 6.45) is 2.95. The number of carbonyl (C=O) groups excluding carboxylic acids is 2. The number of rotatable bonds is 6. The molecule has 0 bridgehead atoms. The van der Waals surface area contributed by atoms with E-state index in [4.69, 9.17) is 0 Å². The molecule has 1 aliphatic heterocycles. The van der Waals surface area contributed by atoms with E-state index in [0.717, 1.165) is 36.0 Å². The number of likely N-dealkylation sites (tertiary alicyclic amines) is 1. The number of aliphatic hydroxyl groups excluding tert-OH is 1. The zero-order chi connectivity index (χ0) is 20.4. The maximum atomic E-state index is 13.0. The minimum Gasteiger partial charge on any atom is -0.394 e. The SMILES string of the molecule is CC(=O)NC[C@H]1[C@H](c2ccc(-c3ccccc3)cc2)[C@H](CO)N1C(=O)C1CCC1. The van der Waals surface area contributed by atoms with Crippen LogP contribution in [0.1, 0.15) is 37.7 Å². The molecule has 29 heavy (non-hydrogen) atoms. The van der Waals surface area contributed by atoms with E-state index < -0.39 is 0 Å². The van der Waals surface area contributed by atoms with Crippen LogP contribution in [0.4, 0.5) is 0 Å². The minimum absolute atomic E-state index is 0.0145. The zero-order valence-electron chi connectivity index (χ0n) is 16.8. The number of nitrogens with zero attached hydrogens (tertiary/aromatic N) is 1. The van der Waals surface area contributed by atoms with Gasteiger partial charge in [-0.15, -0.1) is 0 Å². The molecule has 152 valence electrons. The van der Waals surface area contributed by atoms with Crippen molar-refractivity contribution in [3.8, 4) is 11.1 Å². The van der Waals surface area contributed by atoms with Crippen molar-refractivity contribution >= 4 is 11.8 Å². The molecule has 5 nitrogen and oxygen atoms in total. The summed E-state index contributed by atoms with van der Waals surface area (Å²) in [5.74, 6) is 0.112. The number of hydrogen-bond donors (Lipinski definition) is 2. The van der Waals surface area contributed by atoms with Crippen LogP contribution in [0.25, 0.3) is 11.1 Å². The molecule has 2 aromatic rings. The van der Waals surface area contributed by atoms with E-state index in [2.05, 4.69) is 41.7 Å². The highest BCUT2D eigenvalue weighted by atomic mass is 16.3. The van der Waals surface area contributed by atoms with Gasteiger partial charge in [0.25, 0.3) is 0 Å². The maximum absolute atomic E-state index is 13.0. The first-order valence-corrected chi connectivity index (χ1v) is 10.4. The van der Waals surface area contributed by atoms with Gasteiger partial charge in [-0.1, -0.05) is 61.0 Å². The summed E-state index contributed by atoms with van der Waals surface area (Å²) < 4.78 is 0. The van der Waals surface area contributed by atoms with Crippen LogP contribution in [0.15, 0.2) is 54.6 Å². The molecule has 2 N–H and O–H groups in total. The van der Waals surface area contributed by atoms with Crippen molar-refractivity contribution in [2.45, 2.75) is 44.2 Å². The largest absolute Gasteiger partial charge is 0.394 e. The lowest BCUT2D eigenvalue weighted by Crippen LogP contribution is -2.69. The monoisotopic (exact) mass is 392 g/mol. The predicted octanol–water partition coefficient (Wildman–Crippen LogP) is 2.95. The fraction of sp³-hybridized carbons (Fsp3) is 0.417. The van der Waals surface area contributed by atoms with Crippen LogP contribution in [-0.4, -0.2) is 47.1 Å². The van der Waals surface area contributed by atoms with Gasteiger partial charge in [0.15, 0.2) is 0 Å². The van der Waals surface area contributed by atoms with Crippen LogP contribution in [0.5, 0.6) is 0 Å². The highest BCUT2D eigenvalue weighted by Crippen LogP contribution is 2.43. The number of hydrogen-bond acceptors (Lipinski definition) is 3. The van der Waals surface area contributed by atoms with Gasteiger partial charge in [-0.25, -0.2) is 0 Å². The molecular weight excluding hydrogens is 364 g/mol.